The van der Waals surface area contributed by atoms with Crippen molar-refractivity contribution >= 4 is 21.6 Å². The number of nitrogens with zero attached hydrogens (tertiary/aromatic N) is 1. The van der Waals surface area contributed by atoms with Crippen molar-refractivity contribution in [3.63, 3.8) is 0 Å². The van der Waals surface area contributed by atoms with Gasteiger partial charge in [-0.1, -0.05) is 31.9 Å². The van der Waals surface area contributed by atoms with Crippen LogP contribution < -0.4 is 0 Å². The molecular weight excluding hydrogens is 298 g/mol. The van der Waals surface area contributed by atoms with Gasteiger partial charge < -0.3 is 5.11 Å². The lowest BCUT2D eigenvalue weighted by Crippen LogP contribution is -2.31. The second-order valence-corrected chi connectivity index (χ2v) is 7.59. The number of benzene rings is 1. The van der Waals surface area contributed by atoms with Gasteiger partial charge in [-0.15, -0.1) is 0 Å². The standard InChI is InChI=1S/C14H22ClNO3S/c1-5-10(2)8-16(4)20(18,19)14-7-13(15)6-12(9-17)11(14)3/h6-7,10,17H,5,8-9H2,1-4H3. The Balaban J connectivity index is 3.25. The van der Waals surface area contributed by atoms with Gasteiger partial charge in [0.2, 0.25) is 10.0 Å². The molecule has 0 aromatic heterocycles. The summed E-state index contributed by atoms with van der Waals surface area (Å²) in [4.78, 5) is 0.167. The third kappa shape index (κ3) is 3.73. The normalized spacial score (nSPS) is 13.8. The van der Waals surface area contributed by atoms with E-state index in [1.54, 1.807) is 20.0 Å². The van der Waals surface area contributed by atoms with Gasteiger partial charge in [-0.05, 0) is 36.1 Å². The highest BCUT2D eigenvalue weighted by molar-refractivity contribution is 7.89. The Labute approximate surface area is 126 Å². The van der Waals surface area contributed by atoms with E-state index < -0.39 is 10.0 Å². The number of sulfonamides is 1. The van der Waals surface area contributed by atoms with Gasteiger partial charge in [-0.3, -0.25) is 0 Å². The smallest absolute Gasteiger partial charge is 0.243 e. The van der Waals surface area contributed by atoms with Gasteiger partial charge in [0, 0.05) is 18.6 Å². The number of rotatable bonds is 6. The van der Waals surface area contributed by atoms with Crippen molar-refractivity contribution in [2.75, 3.05) is 13.6 Å². The molecule has 1 unspecified atom stereocenters. The van der Waals surface area contributed by atoms with Gasteiger partial charge in [0.15, 0.2) is 0 Å². The van der Waals surface area contributed by atoms with Crippen molar-refractivity contribution in [2.24, 2.45) is 5.92 Å². The molecule has 1 atom stereocenters. The Morgan fingerprint density at radius 3 is 2.50 bits per heavy atom. The average molecular weight is 320 g/mol. The van der Waals surface area contributed by atoms with Crippen LogP contribution in [-0.4, -0.2) is 31.4 Å². The van der Waals surface area contributed by atoms with Crippen LogP contribution in [0, 0.1) is 12.8 Å². The maximum atomic E-state index is 12.6. The fraction of sp³-hybridized carbons (Fsp3) is 0.571. The van der Waals surface area contributed by atoms with Crippen LogP contribution in [0.4, 0.5) is 0 Å². The van der Waals surface area contributed by atoms with Crippen molar-refractivity contribution < 1.29 is 13.5 Å². The van der Waals surface area contributed by atoms with Gasteiger partial charge in [0.1, 0.15) is 0 Å². The summed E-state index contributed by atoms with van der Waals surface area (Å²) in [5.41, 5.74) is 1.08. The van der Waals surface area contributed by atoms with Crippen LogP contribution in [0.25, 0.3) is 0 Å². The summed E-state index contributed by atoms with van der Waals surface area (Å²) in [5, 5.41) is 9.60. The molecule has 0 heterocycles. The van der Waals surface area contributed by atoms with Crippen LogP contribution >= 0.6 is 11.6 Å². The fourth-order valence-electron chi connectivity index (χ4n) is 1.97. The zero-order valence-electron chi connectivity index (χ0n) is 12.4. The van der Waals surface area contributed by atoms with Crippen LogP contribution in [0.3, 0.4) is 0 Å². The van der Waals surface area contributed by atoms with E-state index in [-0.39, 0.29) is 17.4 Å². The molecule has 0 saturated carbocycles. The lowest BCUT2D eigenvalue weighted by molar-refractivity contribution is 0.280. The van der Waals surface area contributed by atoms with E-state index in [4.69, 9.17) is 11.6 Å². The number of halogens is 1. The van der Waals surface area contributed by atoms with Gasteiger partial charge >= 0.3 is 0 Å². The first kappa shape index (κ1) is 17.4. The summed E-state index contributed by atoms with van der Waals surface area (Å²) in [7, 11) is -2.02. The Hall–Kier alpha value is -0.620. The molecule has 0 amide bonds. The molecule has 20 heavy (non-hydrogen) atoms. The topological polar surface area (TPSA) is 57.6 Å². The zero-order valence-corrected chi connectivity index (χ0v) is 13.9. The van der Waals surface area contributed by atoms with E-state index in [1.807, 2.05) is 13.8 Å². The van der Waals surface area contributed by atoms with E-state index in [2.05, 4.69) is 0 Å². The Morgan fingerprint density at radius 1 is 1.40 bits per heavy atom. The summed E-state index contributed by atoms with van der Waals surface area (Å²) >= 11 is 5.95. The molecule has 0 bridgehead atoms. The van der Waals surface area contributed by atoms with E-state index in [0.29, 0.717) is 22.7 Å². The monoisotopic (exact) mass is 319 g/mol. The highest BCUT2D eigenvalue weighted by atomic mass is 35.5. The molecule has 0 saturated heterocycles. The molecule has 1 aromatic rings. The van der Waals surface area contributed by atoms with E-state index >= 15 is 0 Å². The molecule has 0 spiro atoms. The van der Waals surface area contributed by atoms with Crippen LogP contribution in [0.1, 0.15) is 31.4 Å². The summed E-state index contributed by atoms with van der Waals surface area (Å²) in [5.74, 6) is 0.284. The van der Waals surface area contributed by atoms with Crippen LogP contribution in [0.15, 0.2) is 17.0 Å². The van der Waals surface area contributed by atoms with E-state index in [1.165, 1.54) is 10.4 Å². The second kappa shape index (κ2) is 6.89. The van der Waals surface area contributed by atoms with Crippen molar-refractivity contribution in [3.8, 4) is 0 Å². The predicted molar refractivity (Wildman–Crippen MR) is 81.4 cm³/mol. The van der Waals surface area contributed by atoms with E-state index in [9.17, 15) is 13.5 Å². The van der Waals surface area contributed by atoms with Crippen LogP contribution in [0.2, 0.25) is 5.02 Å². The molecule has 0 aliphatic rings. The first-order chi connectivity index (χ1) is 9.23. The number of hydrogen-bond donors (Lipinski definition) is 1. The Kier molecular flexibility index (Phi) is 6.01. The first-order valence-electron chi connectivity index (χ1n) is 6.60. The van der Waals surface area contributed by atoms with E-state index in [0.717, 1.165) is 6.42 Å². The highest BCUT2D eigenvalue weighted by Gasteiger charge is 2.25. The minimum Gasteiger partial charge on any atom is -0.392 e. The summed E-state index contributed by atoms with van der Waals surface area (Å²) in [6.45, 7) is 5.95. The molecule has 0 radical (unpaired) electrons. The molecule has 1 N–H and O–H groups in total. The largest absolute Gasteiger partial charge is 0.392 e. The third-order valence-corrected chi connectivity index (χ3v) is 5.72. The lowest BCUT2D eigenvalue weighted by atomic mass is 10.1. The maximum Gasteiger partial charge on any atom is 0.243 e. The highest BCUT2D eigenvalue weighted by Crippen LogP contribution is 2.27. The van der Waals surface area contributed by atoms with Gasteiger partial charge in [0.25, 0.3) is 0 Å². The number of hydrogen-bond acceptors (Lipinski definition) is 3. The SMILES string of the molecule is CCC(C)CN(C)S(=O)(=O)c1cc(Cl)cc(CO)c1C. The summed E-state index contributed by atoms with van der Waals surface area (Å²) in [6, 6.07) is 3.03. The molecule has 1 rings (SSSR count). The molecule has 114 valence electrons. The van der Waals surface area contributed by atoms with Gasteiger partial charge in [-0.2, -0.15) is 0 Å². The molecule has 0 aliphatic carbocycles. The predicted octanol–water partition coefficient (Wildman–Crippen LogP) is 2.81. The van der Waals surface area contributed by atoms with Crippen molar-refractivity contribution in [2.45, 2.75) is 38.7 Å². The minimum absolute atomic E-state index is 0.167. The summed E-state index contributed by atoms with van der Waals surface area (Å²) in [6.07, 6.45) is 0.913. The maximum absolute atomic E-state index is 12.6. The summed E-state index contributed by atoms with van der Waals surface area (Å²) < 4.78 is 26.6. The lowest BCUT2D eigenvalue weighted by Gasteiger charge is -2.22. The fourth-order valence-corrected chi connectivity index (χ4v) is 3.86. The van der Waals surface area contributed by atoms with Crippen LogP contribution in [-0.2, 0) is 16.6 Å². The molecule has 0 aliphatic heterocycles. The minimum atomic E-state index is -3.59. The van der Waals surface area contributed by atoms with Crippen LogP contribution in [0.5, 0.6) is 0 Å². The van der Waals surface area contributed by atoms with Gasteiger partial charge in [-0.25, -0.2) is 12.7 Å². The molecule has 4 nitrogen and oxygen atoms in total. The van der Waals surface area contributed by atoms with Crippen molar-refractivity contribution in [1.82, 2.24) is 4.31 Å². The Bertz CT molecular complexity index is 572. The molecule has 1 aromatic carbocycles. The third-order valence-electron chi connectivity index (χ3n) is 3.56. The second-order valence-electron chi connectivity index (χ2n) is 5.15. The Morgan fingerprint density at radius 2 is 2.00 bits per heavy atom. The molecular formula is C14H22ClNO3S. The first-order valence-corrected chi connectivity index (χ1v) is 8.42. The quantitative estimate of drug-likeness (QED) is 0.877. The molecule has 6 heteroatoms. The zero-order chi connectivity index (χ0) is 15.5. The van der Waals surface area contributed by atoms with Crippen molar-refractivity contribution in [3.05, 3.63) is 28.3 Å². The molecule has 0 fully saturated rings. The number of aliphatic hydroxyl groups is 1. The number of aliphatic hydroxyl groups excluding tert-OH is 1. The van der Waals surface area contributed by atoms with Gasteiger partial charge in [0.05, 0.1) is 11.5 Å². The average Bonchev–Trinajstić information content (AvgIpc) is 2.40. The van der Waals surface area contributed by atoms with Crippen molar-refractivity contribution in [1.29, 1.82) is 0 Å².